The summed E-state index contributed by atoms with van der Waals surface area (Å²) in [5.41, 5.74) is 2.85. The maximum atomic E-state index is 12.8. The second kappa shape index (κ2) is 6.89. The monoisotopic (exact) mass is 345 g/mol. The zero-order chi connectivity index (χ0) is 17.3. The third kappa shape index (κ3) is 3.29. The third-order valence-corrected chi connectivity index (χ3v) is 5.75. The third-order valence-electron chi connectivity index (χ3n) is 4.62. The van der Waals surface area contributed by atoms with E-state index in [1.165, 1.54) is 0 Å². The Morgan fingerprint density at radius 2 is 2.25 bits per heavy atom. The molecule has 24 heavy (non-hydrogen) atoms. The molecule has 1 atom stereocenters. The number of hydrogen-bond donors (Lipinski definition) is 1. The SMILES string of the molecule is CCc1[nH]c(=O)c(C(=O)N2CCCC(c3nc(C)cs3)C2)cc1C. The Hall–Kier alpha value is -1.95. The molecule has 1 saturated heterocycles. The molecular weight excluding hydrogens is 322 g/mol. The van der Waals surface area contributed by atoms with Crippen molar-refractivity contribution in [2.45, 2.75) is 46.0 Å². The lowest BCUT2D eigenvalue weighted by atomic mass is 9.98. The number of carbonyl (C=O) groups excluding carboxylic acids is 1. The number of pyridine rings is 1. The van der Waals surface area contributed by atoms with Crippen molar-refractivity contribution in [3.05, 3.63) is 49.3 Å². The standard InChI is InChI=1S/C18H23N3O2S/c1-4-15-11(2)8-14(16(22)20-15)18(23)21-7-5-6-13(9-21)17-19-12(3)10-24-17/h8,10,13H,4-7,9H2,1-3H3,(H,20,22). The Bertz CT molecular complexity index is 809. The number of rotatable bonds is 3. The molecule has 0 bridgehead atoms. The van der Waals surface area contributed by atoms with Gasteiger partial charge in [-0.15, -0.1) is 11.3 Å². The Morgan fingerprint density at radius 1 is 1.46 bits per heavy atom. The summed E-state index contributed by atoms with van der Waals surface area (Å²) in [5, 5.41) is 3.14. The van der Waals surface area contributed by atoms with Gasteiger partial charge in [-0.1, -0.05) is 6.92 Å². The summed E-state index contributed by atoms with van der Waals surface area (Å²) in [6.45, 7) is 7.25. The number of piperidine rings is 1. The fraction of sp³-hybridized carbons (Fsp3) is 0.500. The van der Waals surface area contributed by atoms with Gasteiger partial charge in [-0.2, -0.15) is 0 Å². The number of hydrogen-bond acceptors (Lipinski definition) is 4. The van der Waals surface area contributed by atoms with Crippen LogP contribution in [-0.2, 0) is 6.42 Å². The number of H-pyrrole nitrogens is 1. The average molecular weight is 345 g/mol. The molecule has 1 amide bonds. The summed E-state index contributed by atoms with van der Waals surface area (Å²) in [5.74, 6) is 0.108. The van der Waals surface area contributed by atoms with E-state index in [0.717, 1.165) is 41.2 Å². The van der Waals surface area contributed by atoms with Crippen LogP contribution in [0.1, 0.15) is 58.0 Å². The van der Waals surface area contributed by atoms with E-state index < -0.39 is 0 Å². The van der Waals surface area contributed by atoms with Gasteiger partial charge in [0.05, 0.1) is 5.01 Å². The van der Waals surface area contributed by atoms with Crippen LogP contribution in [0, 0.1) is 13.8 Å². The molecule has 0 saturated carbocycles. The molecule has 0 spiro atoms. The van der Waals surface area contributed by atoms with Gasteiger partial charge in [-0.05, 0) is 44.7 Å². The quantitative estimate of drug-likeness (QED) is 0.930. The number of thiazole rings is 1. The number of nitrogens with one attached hydrogen (secondary N) is 1. The minimum absolute atomic E-state index is 0.167. The molecule has 2 aromatic rings. The smallest absolute Gasteiger partial charge is 0.261 e. The molecule has 1 fully saturated rings. The Labute approximate surface area is 145 Å². The van der Waals surface area contributed by atoms with E-state index in [0.29, 0.717) is 13.1 Å². The highest BCUT2D eigenvalue weighted by Crippen LogP contribution is 2.29. The zero-order valence-electron chi connectivity index (χ0n) is 14.4. The van der Waals surface area contributed by atoms with E-state index in [2.05, 4.69) is 9.97 Å². The van der Waals surface area contributed by atoms with Crippen LogP contribution < -0.4 is 5.56 Å². The lowest BCUT2D eigenvalue weighted by Crippen LogP contribution is -2.41. The first-order valence-corrected chi connectivity index (χ1v) is 9.31. The van der Waals surface area contributed by atoms with Crippen molar-refractivity contribution < 1.29 is 4.79 Å². The molecule has 3 rings (SSSR count). The number of amides is 1. The van der Waals surface area contributed by atoms with Gasteiger partial charge in [0.1, 0.15) is 5.56 Å². The Kier molecular flexibility index (Phi) is 4.85. The Morgan fingerprint density at radius 3 is 2.92 bits per heavy atom. The first-order chi connectivity index (χ1) is 11.5. The molecule has 128 valence electrons. The number of aryl methyl sites for hydroxylation is 3. The molecule has 1 aliphatic heterocycles. The second-order valence-corrected chi connectivity index (χ2v) is 7.33. The summed E-state index contributed by atoms with van der Waals surface area (Å²) < 4.78 is 0. The first-order valence-electron chi connectivity index (χ1n) is 8.43. The highest BCUT2D eigenvalue weighted by molar-refractivity contribution is 7.09. The van der Waals surface area contributed by atoms with Crippen molar-refractivity contribution >= 4 is 17.2 Å². The highest BCUT2D eigenvalue weighted by atomic mass is 32.1. The van der Waals surface area contributed by atoms with Gasteiger partial charge in [-0.3, -0.25) is 9.59 Å². The summed E-state index contributed by atoms with van der Waals surface area (Å²) in [6, 6.07) is 1.73. The molecule has 6 heteroatoms. The lowest BCUT2D eigenvalue weighted by molar-refractivity contribution is 0.0705. The largest absolute Gasteiger partial charge is 0.338 e. The van der Waals surface area contributed by atoms with E-state index in [1.54, 1.807) is 22.3 Å². The Balaban J connectivity index is 1.82. The van der Waals surface area contributed by atoms with Crippen LogP contribution in [0.25, 0.3) is 0 Å². The van der Waals surface area contributed by atoms with Gasteiger partial charge in [0, 0.05) is 35.8 Å². The molecule has 2 aromatic heterocycles. The molecule has 0 aromatic carbocycles. The highest BCUT2D eigenvalue weighted by Gasteiger charge is 2.28. The van der Waals surface area contributed by atoms with Crippen molar-refractivity contribution in [1.29, 1.82) is 0 Å². The molecule has 1 aliphatic rings. The maximum Gasteiger partial charge on any atom is 0.261 e. The number of likely N-dealkylation sites (tertiary alicyclic amines) is 1. The van der Waals surface area contributed by atoms with Gasteiger partial charge in [0.2, 0.25) is 0 Å². The predicted octanol–water partition coefficient (Wildman–Crippen LogP) is 3.03. The molecule has 1 unspecified atom stereocenters. The summed E-state index contributed by atoms with van der Waals surface area (Å²) >= 11 is 1.66. The summed E-state index contributed by atoms with van der Waals surface area (Å²) in [6.07, 6.45) is 2.74. The van der Waals surface area contributed by atoms with Crippen LogP contribution >= 0.6 is 11.3 Å². The van der Waals surface area contributed by atoms with Crippen LogP contribution in [0.5, 0.6) is 0 Å². The van der Waals surface area contributed by atoms with E-state index in [9.17, 15) is 9.59 Å². The normalized spacial score (nSPS) is 18.0. The number of nitrogens with zero attached hydrogens (tertiary/aromatic N) is 2. The van der Waals surface area contributed by atoms with Crippen LogP contribution in [0.15, 0.2) is 16.2 Å². The van der Waals surface area contributed by atoms with E-state index in [1.807, 2.05) is 26.2 Å². The summed E-state index contributed by atoms with van der Waals surface area (Å²) in [4.78, 5) is 34.3. The number of carbonyl (C=O) groups is 1. The minimum atomic E-state index is -0.283. The fourth-order valence-electron chi connectivity index (χ4n) is 3.29. The van der Waals surface area contributed by atoms with Crippen molar-refractivity contribution in [2.24, 2.45) is 0 Å². The zero-order valence-corrected chi connectivity index (χ0v) is 15.2. The first kappa shape index (κ1) is 16.9. The molecule has 1 N–H and O–H groups in total. The van der Waals surface area contributed by atoms with Crippen molar-refractivity contribution in [3.8, 4) is 0 Å². The molecule has 0 radical (unpaired) electrons. The van der Waals surface area contributed by atoms with Crippen molar-refractivity contribution in [3.63, 3.8) is 0 Å². The maximum absolute atomic E-state index is 12.8. The lowest BCUT2D eigenvalue weighted by Gasteiger charge is -2.31. The number of aromatic nitrogens is 2. The van der Waals surface area contributed by atoms with Crippen LogP contribution in [0.4, 0.5) is 0 Å². The van der Waals surface area contributed by atoms with E-state index in [4.69, 9.17) is 0 Å². The average Bonchev–Trinajstić information content (AvgIpc) is 3.02. The van der Waals surface area contributed by atoms with E-state index >= 15 is 0 Å². The van der Waals surface area contributed by atoms with Gasteiger partial charge < -0.3 is 9.88 Å². The fourth-order valence-corrected chi connectivity index (χ4v) is 4.22. The molecule has 0 aliphatic carbocycles. The van der Waals surface area contributed by atoms with Crippen molar-refractivity contribution in [2.75, 3.05) is 13.1 Å². The molecule has 5 nitrogen and oxygen atoms in total. The second-order valence-electron chi connectivity index (χ2n) is 6.44. The van der Waals surface area contributed by atoms with Gasteiger partial charge >= 0.3 is 0 Å². The van der Waals surface area contributed by atoms with E-state index in [-0.39, 0.29) is 22.9 Å². The topological polar surface area (TPSA) is 66.1 Å². The van der Waals surface area contributed by atoms with Crippen LogP contribution in [0.2, 0.25) is 0 Å². The minimum Gasteiger partial charge on any atom is -0.338 e. The van der Waals surface area contributed by atoms with Gasteiger partial charge in [-0.25, -0.2) is 4.98 Å². The predicted molar refractivity (Wildman–Crippen MR) is 95.9 cm³/mol. The van der Waals surface area contributed by atoms with Crippen molar-refractivity contribution in [1.82, 2.24) is 14.9 Å². The molecular formula is C18H23N3O2S. The van der Waals surface area contributed by atoms with Crippen LogP contribution in [-0.4, -0.2) is 33.9 Å². The number of aromatic amines is 1. The van der Waals surface area contributed by atoms with Crippen LogP contribution in [0.3, 0.4) is 0 Å². The summed E-state index contributed by atoms with van der Waals surface area (Å²) in [7, 11) is 0. The van der Waals surface area contributed by atoms with Gasteiger partial charge in [0.25, 0.3) is 11.5 Å². The van der Waals surface area contributed by atoms with Gasteiger partial charge in [0.15, 0.2) is 0 Å². The molecule has 3 heterocycles.